The van der Waals surface area contributed by atoms with Gasteiger partial charge in [0.15, 0.2) is 0 Å². The third-order valence-electron chi connectivity index (χ3n) is 2.11. The van der Waals surface area contributed by atoms with Gasteiger partial charge in [-0.2, -0.15) is 5.26 Å². The molecule has 0 fully saturated rings. The molecule has 0 aliphatic rings. The van der Waals surface area contributed by atoms with E-state index in [-0.39, 0.29) is 28.8 Å². The Bertz CT molecular complexity index is 503. The molecule has 0 heterocycles. The van der Waals surface area contributed by atoms with Crippen LogP contribution in [-0.4, -0.2) is 10.8 Å². The number of anilines is 1. The van der Waals surface area contributed by atoms with Crippen LogP contribution in [0.2, 0.25) is 0 Å². The first-order valence-electron chi connectivity index (χ1n) is 4.95. The van der Waals surface area contributed by atoms with E-state index in [0.29, 0.717) is 0 Å². The van der Waals surface area contributed by atoms with Crippen LogP contribution in [0.15, 0.2) is 18.2 Å². The molecular formula is C11H11N3O3. The fraction of sp³-hybridized carbons (Fsp3) is 0.273. The predicted molar refractivity (Wildman–Crippen MR) is 61.3 cm³/mol. The Balaban J connectivity index is 3.12. The van der Waals surface area contributed by atoms with Gasteiger partial charge in [0, 0.05) is 12.0 Å². The summed E-state index contributed by atoms with van der Waals surface area (Å²) in [5, 5.41) is 21.9. The summed E-state index contributed by atoms with van der Waals surface area (Å²) in [7, 11) is 0. The molecule has 6 heteroatoms. The number of rotatable bonds is 3. The summed E-state index contributed by atoms with van der Waals surface area (Å²) < 4.78 is 0. The topological polar surface area (TPSA) is 96.0 Å². The first-order valence-corrected chi connectivity index (χ1v) is 4.95. The number of hydrogen-bond acceptors (Lipinski definition) is 4. The Kier molecular flexibility index (Phi) is 3.78. The van der Waals surface area contributed by atoms with Gasteiger partial charge in [-0.05, 0) is 12.1 Å². The Morgan fingerprint density at radius 1 is 1.53 bits per heavy atom. The first-order chi connectivity index (χ1) is 7.95. The molecule has 0 aliphatic heterocycles. The second-order valence-corrected chi connectivity index (χ2v) is 3.74. The SMILES string of the molecule is CC(C)C(=O)Nc1ccc(C#N)cc1[N+](=O)[O-]. The van der Waals surface area contributed by atoms with Gasteiger partial charge in [-0.15, -0.1) is 0 Å². The minimum atomic E-state index is -0.628. The largest absolute Gasteiger partial charge is 0.320 e. The molecule has 1 rings (SSSR count). The van der Waals surface area contributed by atoms with Crippen molar-refractivity contribution in [1.29, 1.82) is 5.26 Å². The number of amides is 1. The number of nitrogens with one attached hydrogen (secondary N) is 1. The van der Waals surface area contributed by atoms with Gasteiger partial charge in [-0.3, -0.25) is 14.9 Å². The molecule has 0 saturated carbocycles. The standard InChI is InChI=1S/C11H11N3O3/c1-7(2)11(15)13-9-4-3-8(6-12)5-10(9)14(16)17/h3-5,7H,1-2H3,(H,13,15). The highest BCUT2D eigenvalue weighted by molar-refractivity contribution is 5.94. The Labute approximate surface area is 98.0 Å². The van der Waals surface area contributed by atoms with Crippen molar-refractivity contribution in [2.24, 2.45) is 5.92 Å². The summed E-state index contributed by atoms with van der Waals surface area (Å²) in [6, 6.07) is 5.72. The molecule has 0 aromatic heterocycles. The van der Waals surface area contributed by atoms with E-state index in [0.717, 1.165) is 6.07 Å². The van der Waals surface area contributed by atoms with Crippen LogP contribution in [0.1, 0.15) is 19.4 Å². The smallest absolute Gasteiger partial charge is 0.294 e. The van der Waals surface area contributed by atoms with Gasteiger partial charge in [0.1, 0.15) is 5.69 Å². The van der Waals surface area contributed by atoms with Crippen molar-refractivity contribution in [3.8, 4) is 6.07 Å². The predicted octanol–water partition coefficient (Wildman–Crippen LogP) is 2.06. The lowest BCUT2D eigenvalue weighted by molar-refractivity contribution is -0.383. The van der Waals surface area contributed by atoms with E-state index in [9.17, 15) is 14.9 Å². The van der Waals surface area contributed by atoms with Crippen molar-refractivity contribution in [2.75, 3.05) is 5.32 Å². The lowest BCUT2D eigenvalue weighted by Gasteiger charge is -2.08. The second kappa shape index (κ2) is 5.07. The van der Waals surface area contributed by atoms with Crippen LogP contribution in [-0.2, 0) is 4.79 Å². The Hall–Kier alpha value is -2.42. The Morgan fingerprint density at radius 3 is 2.65 bits per heavy atom. The average molecular weight is 233 g/mol. The van der Waals surface area contributed by atoms with E-state index in [1.54, 1.807) is 13.8 Å². The number of carbonyl (C=O) groups is 1. The van der Waals surface area contributed by atoms with E-state index in [2.05, 4.69) is 5.32 Å². The molecule has 1 aromatic rings. The number of carbonyl (C=O) groups excluding carboxylic acids is 1. The molecule has 17 heavy (non-hydrogen) atoms. The van der Waals surface area contributed by atoms with Crippen LogP contribution >= 0.6 is 0 Å². The molecule has 0 unspecified atom stereocenters. The molecular weight excluding hydrogens is 222 g/mol. The van der Waals surface area contributed by atoms with Gasteiger partial charge in [-0.25, -0.2) is 0 Å². The van der Waals surface area contributed by atoms with E-state index < -0.39 is 4.92 Å². The van der Waals surface area contributed by atoms with Gasteiger partial charge in [-0.1, -0.05) is 13.8 Å². The molecule has 0 saturated heterocycles. The highest BCUT2D eigenvalue weighted by Crippen LogP contribution is 2.25. The zero-order valence-electron chi connectivity index (χ0n) is 9.43. The number of nitro benzene ring substituents is 1. The molecule has 1 amide bonds. The molecule has 0 atom stereocenters. The molecule has 6 nitrogen and oxygen atoms in total. The highest BCUT2D eigenvalue weighted by Gasteiger charge is 2.17. The molecule has 0 radical (unpaired) electrons. The normalized spacial score (nSPS) is 9.76. The number of nitrogens with zero attached hydrogens (tertiary/aromatic N) is 2. The zero-order valence-corrected chi connectivity index (χ0v) is 9.43. The quantitative estimate of drug-likeness (QED) is 0.638. The molecule has 1 aromatic carbocycles. The van der Waals surface area contributed by atoms with Crippen LogP contribution in [0, 0.1) is 27.4 Å². The minimum absolute atomic E-state index is 0.104. The summed E-state index contributed by atoms with van der Waals surface area (Å²) in [6.45, 7) is 3.37. The molecule has 0 spiro atoms. The van der Waals surface area contributed by atoms with Crippen molar-refractivity contribution < 1.29 is 9.72 Å². The fourth-order valence-corrected chi connectivity index (χ4v) is 1.14. The van der Waals surface area contributed by atoms with Crippen molar-refractivity contribution in [3.05, 3.63) is 33.9 Å². The lowest BCUT2D eigenvalue weighted by Crippen LogP contribution is -2.18. The molecule has 0 bridgehead atoms. The number of nitro groups is 1. The molecule has 1 N–H and O–H groups in total. The van der Waals surface area contributed by atoms with Crippen molar-refractivity contribution in [2.45, 2.75) is 13.8 Å². The van der Waals surface area contributed by atoms with Crippen LogP contribution in [0.4, 0.5) is 11.4 Å². The monoisotopic (exact) mass is 233 g/mol. The van der Waals surface area contributed by atoms with Crippen LogP contribution in [0.25, 0.3) is 0 Å². The Morgan fingerprint density at radius 2 is 2.18 bits per heavy atom. The number of benzene rings is 1. The summed E-state index contributed by atoms with van der Waals surface area (Å²) in [4.78, 5) is 21.6. The fourth-order valence-electron chi connectivity index (χ4n) is 1.14. The molecule has 88 valence electrons. The maximum atomic E-state index is 11.4. The summed E-state index contributed by atoms with van der Waals surface area (Å²) in [6.07, 6.45) is 0. The number of hydrogen-bond donors (Lipinski definition) is 1. The van der Waals surface area contributed by atoms with Crippen LogP contribution in [0.5, 0.6) is 0 Å². The average Bonchev–Trinajstić information content (AvgIpc) is 2.29. The van der Waals surface area contributed by atoms with Crippen molar-refractivity contribution in [3.63, 3.8) is 0 Å². The van der Waals surface area contributed by atoms with Gasteiger partial charge in [0.2, 0.25) is 5.91 Å². The van der Waals surface area contributed by atoms with Gasteiger partial charge >= 0.3 is 0 Å². The first kappa shape index (κ1) is 12.6. The summed E-state index contributed by atoms with van der Waals surface area (Å²) in [5.41, 5.74) is 0.00463. The second-order valence-electron chi connectivity index (χ2n) is 3.74. The van der Waals surface area contributed by atoms with E-state index in [1.165, 1.54) is 12.1 Å². The van der Waals surface area contributed by atoms with Crippen molar-refractivity contribution in [1.82, 2.24) is 0 Å². The van der Waals surface area contributed by atoms with Crippen molar-refractivity contribution >= 4 is 17.3 Å². The van der Waals surface area contributed by atoms with E-state index >= 15 is 0 Å². The number of nitriles is 1. The summed E-state index contributed by atoms with van der Waals surface area (Å²) >= 11 is 0. The minimum Gasteiger partial charge on any atom is -0.320 e. The van der Waals surface area contributed by atoms with Gasteiger partial charge in [0.05, 0.1) is 16.6 Å². The highest BCUT2D eigenvalue weighted by atomic mass is 16.6. The lowest BCUT2D eigenvalue weighted by atomic mass is 10.1. The third-order valence-corrected chi connectivity index (χ3v) is 2.11. The van der Waals surface area contributed by atoms with Gasteiger partial charge in [0.25, 0.3) is 5.69 Å². The van der Waals surface area contributed by atoms with E-state index in [4.69, 9.17) is 5.26 Å². The third kappa shape index (κ3) is 3.01. The molecule has 0 aliphatic carbocycles. The maximum Gasteiger partial charge on any atom is 0.294 e. The van der Waals surface area contributed by atoms with Gasteiger partial charge < -0.3 is 5.32 Å². The van der Waals surface area contributed by atoms with Crippen LogP contribution in [0.3, 0.4) is 0 Å². The summed E-state index contributed by atoms with van der Waals surface area (Å²) in [5.74, 6) is -0.581. The maximum absolute atomic E-state index is 11.4. The zero-order chi connectivity index (χ0) is 13.0. The van der Waals surface area contributed by atoms with Crippen LogP contribution < -0.4 is 5.32 Å². The van der Waals surface area contributed by atoms with E-state index in [1.807, 2.05) is 6.07 Å².